The molecule has 0 fully saturated rings. The smallest absolute Gasteiger partial charge is 0.261 e. The summed E-state index contributed by atoms with van der Waals surface area (Å²) in [6.45, 7) is 2.50. The van der Waals surface area contributed by atoms with E-state index in [0.29, 0.717) is 11.4 Å². The molecule has 0 bridgehead atoms. The van der Waals surface area contributed by atoms with Gasteiger partial charge < -0.3 is 10.1 Å². The number of hydrogen-bond donors (Lipinski definition) is 1. The molecule has 0 saturated heterocycles. The molecule has 0 saturated carbocycles. The molecule has 0 aliphatic heterocycles. The van der Waals surface area contributed by atoms with Gasteiger partial charge in [0.05, 0.1) is 11.4 Å². The van der Waals surface area contributed by atoms with Gasteiger partial charge in [-0.1, -0.05) is 37.3 Å². The van der Waals surface area contributed by atoms with E-state index in [9.17, 15) is 4.79 Å². The molecule has 2 rings (SSSR count). The van der Waals surface area contributed by atoms with Gasteiger partial charge in [-0.25, -0.2) is 0 Å². The number of rotatable bonds is 6. The molecule has 0 aliphatic rings. The van der Waals surface area contributed by atoms with Crippen molar-refractivity contribution in [3.63, 3.8) is 0 Å². The topological polar surface area (TPSA) is 38.3 Å². The van der Waals surface area contributed by atoms with Crippen LogP contribution < -0.4 is 5.32 Å². The fraction of sp³-hybridized carbons (Fsp3) is 0.312. The van der Waals surface area contributed by atoms with Crippen LogP contribution in [-0.4, -0.2) is 19.6 Å². The molecule has 1 aromatic heterocycles. The van der Waals surface area contributed by atoms with Gasteiger partial charge in [-0.15, -0.1) is 11.3 Å². The van der Waals surface area contributed by atoms with E-state index in [4.69, 9.17) is 4.74 Å². The summed E-state index contributed by atoms with van der Waals surface area (Å²) in [5, 5.41) is 4.88. The van der Waals surface area contributed by atoms with E-state index < -0.39 is 5.60 Å². The predicted octanol–water partition coefficient (Wildman–Crippen LogP) is 4.19. The minimum absolute atomic E-state index is 0.0727. The van der Waals surface area contributed by atoms with E-state index >= 15 is 0 Å². The van der Waals surface area contributed by atoms with Crippen LogP contribution in [0.1, 0.15) is 28.6 Å². The number of halogens is 1. The number of ether oxygens (including phenoxy) is 1. The molecular formula is C16H18BrNO2S. The van der Waals surface area contributed by atoms with Gasteiger partial charge in [0.2, 0.25) is 0 Å². The van der Waals surface area contributed by atoms with Gasteiger partial charge in [-0.2, -0.15) is 0 Å². The Balaban J connectivity index is 2.12. The number of carbonyl (C=O) groups is 1. The molecule has 1 atom stereocenters. The van der Waals surface area contributed by atoms with E-state index in [1.165, 1.54) is 11.3 Å². The van der Waals surface area contributed by atoms with Crippen LogP contribution in [0.25, 0.3) is 0 Å². The van der Waals surface area contributed by atoms with Crippen molar-refractivity contribution in [3.8, 4) is 0 Å². The Bertz CT molecular complexity index is 593. The van der Waals surface area contributed by atoms with Crippen LogP contribution in [-0.2, 0) is 10.3 Å². The minimum atomic E-state index is -0.495. The number of thiophene rings is 1. The summed E-state index contributed by atoms with van der Waals surface area (Å²) in [6.07, 6.45) is 0.780. The first-order valence-electron chi connectivity index (χ1n) is 6.74. The zero-order valence-corrected chi connectivity index (χ0v) is 14.5. The molecule has 1 N–H and O–H groups in total. The number of methoxy groups -OCH3 is 1. The molecule has 1 aromatic carbocycles. The lowest BCUT2D eigenvalue weighted by molar-refractivity contribution is -0.0164. The molecule has 0 spiro atoms. The standard InChI is InChI=1S/C16H18BrNO2S/c1-3-16(20-2,12-7-5-4-6-8-12)11-18-15(19)14-9-13(17)10-21-14/h4-10H,3,11H2,1-2H3,(H,18,19)/t16-/m0/s1. The molecule has 112 valence electrons. The third-order valence-electron chi connectivity index (χ3n) is 3.59. The van der Waals surface area contributed by atoms with Gasteiger partial charge in [0.1, 0.15) is 5.60 Å². The maximum atomic E-state index is 12.2. The van der Waals surface area contributed by atoms with Crippen molar-refractivity contribution in [1.82, 2.24) is 5.32 Å². The molecule has 21 heavy (non-hydrogen) atoms. The second kappa shape index (κ2) is 7.20. The maximum absolute atomic E-state index is 12.2. The summed E-state index contributed by atoms with van der Waals surface area (Å²) in [6, 6.07) is 11.8. The fourth-order valence-electron chi connectivity index (χ4n) is 2.25. The second-order valence-electron chi connectivity index (χ2n) is 4.73. The maximum Gasteiger partial charge on any atom is 0.261 e. The minimum Gasteiger partial charge on any atom is -0.372 e. The predicted molar refractivity (Wildman–Crippen MR) is 89.8 cm³/mol. The molecule has 2 aromatic rings. The molecule has 1 heterocycles. The number of nitrogens with one attached hydrogen (secondary N) is 1. The Morgan fingerprint density at radius 3 is 2.62 bits per heavy atom. The van der Waals surface area contributed by atoms with Crippen LogP contribution in [0.2, 0.25) is 0 Å². The van der Waals surface area contributed by atoms with Crippen molar-refractivity contribution >= 4 is 33.2 Å². The van der Waals surface area contributed by atoms with E-state index in [1.807, 2.05) is 41.8 Å². The summed E-state index contributed by atoms with van der Waals surface area (Å²) in [5.41, 5.74) is 0.577. The van der Waals surface area contributed by atoms with Crippen LogP contribution in [0, 0.1) is 0 Å². The molecule has 5 heteroatoms. The molecule has 0 unspecified atom stereocenters. The van der Waals surface area contributed by atoms with Crippen molar-refractivity contribution < 1.29 is 9.53 Å². The molecule has 0 radical (unpaired) electrons. The van der Waals surface area contributed by atoms with Gasteiger partial charge in [0.15, 0.2) is 0 Å². The highest BCUT2D eigenvalue weighted by atomic mass is 79.9. The Labute approximate surface area is 137 Å². The van der Waals surface area contributed by atoms with Gasteiger partial charge in [-0.05, 0) is 34.0 Å². The Hall–Kier alpha value is -1.17. The van der Waals surface area contributed by atoms with Gasteiger partial charge in [0.25, 0.3) is 5.91 Å². The number of benzene rings is 1. The first kappa shape index (κ1) is 16.2. The quantitative estimate of drug-likeness (QED) is 0.830. The molecular weight excluding hydrogens is 350 g/mol. The third-order valence-corrected chi connectivity index (χ3v) is 5.28. The van der Waals surface area contributed by atoms with E-state index in [1.54, 1.807) is 7.11 Å². The van der Waals surface area contributed by atoms with Crippen molar-refractivity contribution in [2.24, 2.45) is 0 Å². The van der Waals surface area contributed by atoms with E-state index in [2.05, 4.69) is 28.2 Å². The second-order valence-corrected chi connectivity index (χ2v) is 6.56. The Morgan fingerprint density at radius 2 is 2.10 bits per heavy atom. The van der Waals surface area contributed by atoms with E-state index in [-0.39, 0.29) is 5.91 Å². The third kappa shape index (κ3) is 3.73. The van der Waals surface area contributed by atoms with Gasteiger partial charge >= 0.3 is 0 Å². The molecule has 1 amide bonds. The number of hydrogen-bond acceptors (Lipinski definition) is 3. The van der Waals surface area contributed by atoms with Crippen LogP contribution in [0.4, 0.5) is 0 Å². The largest absolute Gasteiger partial charge is 0.372 e. The Kier molecular flexibility index (Phi) is 5.56. The van der Waals surface area contributed by atoms with Gasteiger partial charge in [0, 0.05) is 17.0 Å². The molecule has 0 aliphatic carbocycles. The lowest BCUT2D eigenvalue weighted by Gasteiger charge is -2.32. The van der Waals surface area contributed by atoms with E-state index in [0.717, 1.165) is 16.5 Å². The highest BCUT2D eigenvalue weighted by Gasteiger charge is 2.30. The fourth-order valence-corrected chi connectivity index (χ4v) is 3.59. The monoisotopic (exact) mass is 367 g/mol. The summed E-state index contributed by atoms with van der Waals surface area (Å²) < 4.78 is 6.67. The van der Waals surface area contributed by atoms with Crippen LogP contribution in [0.5, 0.6) is 0 Å². The zero-order chi connectivity index (χ0) is 15.3. The summed E-state index contributed by atoms with van der Waals surface area (Å²) in [4.78, 5) is 12.9. The first-order chi connectivity index (χ1) is 10.1. The first-order valence-corrected chi connectivity index (χ1v) is 8.41. The van der Waals surface area contributed by atoms with Crippen molar-refractivity contribution in [2.75, 3.05) is 13.7 Å². The average molecular weight is 368 g/mol. The normalized spacial score (nSPS) is 13.7. The van der Waals surface area contributed by atoms with Crippen LogP contribution >= 0.6 is 27.3 Å². The SMILES string of the molecule is CC[C@@](CNC(=O)c1cc(Br)cs1)(OC)c1ccccc1. The average Bonchev–Trinajstić information content (AvgIpc) is 2.96. The molecule has 3 nitrogen and oxygen atoms in total. The lowest BCUT2D eigenvalue weighted by Crippen LogP contribution is -2.41. The highest BCUT2D eigenvalue weighted by molar-refractivity contribution is 9.10. The summed E-state index contributed by atoms with van der Waals surface area (Å²) in [7, 11) is 1.68. The summed E-state index contributed by atoms with van der Waals surface area (Å²) in [5.74, 6) is -0.0727. The van der Waals surface area contributed by atoms with Crippen molar-refractivity contribution in [3.05, 3.63) is 56.7 Å². The van der Waals surface area contributed by atoms with Crippen molar-refractivity contribution in [1.29, 1.82) is 0 Å². The highest BCUT2D eigenvalue weighted by Crippen LogP contribution is 2.28. The number of amides is 1. The van der Waals surface area contributed by atoms with Crippen molar-refractivity contribution in [2.45, 2.75) is 18.9 Å². The Morgan fingerprint density at radius 1 is 1.38 bits per heavy atom. The summed E-state index contributed by atoms with van der Waals surface area (Å²) >= 11 is 4.78. The lowest BCUT2D eigenvalue weighted by atomic mass is 9.90. The zero-order valence-electron chi connectivity index (χ0n) is 12.1. The van der Waals surface area contributed by atoms with Crippen LogP contribution in [0.15, 0.2) is 46.3 Å². The number of carbonyl (C=O) groups excluding carboxylic acids is 1. The van der Waals surface area contributed by atoms with Gasteiger partial charge in [-0.3, -0.25) is 4.79 Å². The van der Waals surface area contributed by atoms with Crippen LogP contribution in [0.3, 0.4) is 0 Å².